The van der Waals surface area contributed by atoms with E-state index >= 15 is 0 Å². The third-order valence-corrected chi connectivity index (χ3v) is 7.35. The fourth-order valence-electron chi connectivity index (χ4n) is 6.10. The average Bonchev–Trinajstić information content (AvgIpc) is 3.49. The van der Waals surface area contributed by atoms with Crippen LogP contribution in [0.3, 0.4) is 0 Å². The highest BCUT2D eigenvalue weighted by Crippen LogP contribution is 2.63. The Morgan fingerprint density at radius 3 is 1.61 bits per heavy atom. The van der Waals surface area contributed by atoms with Gasteiger partial charge in [-0.3, -0.25) is 14.5 Å². The molecule has 2 aliphatic carbocycles. The SMILES string of the molecule is O=C1C2C3CC(C(c4ccccc4)=C3c3ccccc3)C2C(=O)N1c1ccc([NH+]([O-])O)cc1. The topological polar surface area (TPSA) is 85.1 Å². The zero-order valence-electron chi connectivity index (χ0n) is 17.7. The molecule has 6 heteroatoms. The molecule has 0 radical (unpaired) electrons. The van der Waals surface area contributed by atoms with Gasteiger partial charge >= 0.3 is 0 Å². The molecule has 0 spiro atoms. The molecule has 1 aliphatic heterocycles. The summed E-state index contributed by atoms with van der Waals surface area (Å²) in [5, 5.41) is 19.3. The molecule has 2 amide bonds. The Hall–Kier alpha value is -3.58. The minimum atomic E-state index is -1.04. The molecule has 33 heavy (non-hydrogen) atoms. The highest BCUT2D eigenvalue weighted by atomic mass is 16.8. The summed E-state index contributed by atoms with van der Waals surface area (Å²) >= 11 is 0. The largest absolute Gasteiger partial charge is 0.595 e. The smallest absolute Gasteiger partial charge is 0.238 e. The van der Waals surface area contributed by atoms with Crippen LogP contribution in [-0.2, 0) is 9.59 Å². The number of nitrogens with one attached hydrogen (secondary N) is 1. The zero-order chi connectivity index (χ0) is 22.7. The first-order chi connectivity index (χ1) is 16.1. The lowest BCUT2D eigenvalue weighted by Crippen LogP contribution is -2.99. The first-order valence-electron chi connectivity index (χ1n) is 11.1. The van der Waals surface area contributed by atoms with Crippen molar-refractivity contribution in [1.82, 2.24) is 0 Å². The quantitative estimate of drug-likeness (QED) is 0.483. The highest BCUT2D eigenvalue weighted by molar-refractivity contribution is 6.24. The van der Waals surface area contributed by atoms with Crippen molar-refractivity contribution in [3.63, 3.8) is 0 Å². The second-order valence-electron chi connectivity index (χ2n) is 8.92. The molecular formula is C27H22N2O4. The van der Waals surface area contributed by atoms with E-state index in [1.165, 1.54) is 28.2 Å². The lowest BCUT2D eigenvalue weighted by molar-refractivity contribution is -0.991. The molecule has 5 unspecified atom stereocenters. The van der Waals surface area contributed by atoms with Gasteiger partial charge in [0.1, 0.15) is 0 Å². The number of benzene rings is 3. The van der Waals surface area contributed by atoms with Crippen LogP contribution in [0.15, 0.2) is 84.9 Å². The maximum absolute atomic E-state index is 13.6. The number of hydrogen-bond acceptors (Lipinski definition) is 4. The maximum Gasteiger partial charge on any atom is 0.238 e. The monoisotopic (exact) mass is 438 g/mol. The predicted octanol–water partition coefficient (Wildman–Crippen LogP) is 3.46. The van der Waals surface area contributed by atoms with Gasteiger partial charge in [-0.25, -0.2) is 5.21 Å². The van der Waals surface area contributed by atoms with Crippen LogP contribution in [0.5, 0.6) is 0 Å². The van der Waals surface area contributed by atoms with Crippen molar-refractivity contribution in [3.05, 3.63) is 101 Å². The van der Waals surface area contributed by atoms with Gasteiger partial charge in [-0.05, 0) is 52.7 Å². The van der Waals surface area contributed by atoms with Gasteiger partial charge in [0.05, 0.1) is 17.5 Å². The van der Waals surface area contributed by atoms with E-state index in [9.17, 15) is 20.0 Å². The summed E-state index contributed by atoms with van der Waals surface area (Å²) in [6, 6.07) is 26.3. The zero-order valence-corrected chi connectivity index (χ0v) is 17.7. The lowest BCUT2D eigenvalue weighted by atomic mass is 9.73. The van der Waals surface area contributed by atoms with Crippen molar-refractivity contribution in [2.75, 3.05) is 4.90 Å². The molecule has 164 valence electrons. The van der Waals surface area contributed by atoms with E-state index in [1.54, 1.807) is 12.1 Å². The van der Waals surface area contributed by atoms with Crippen LogP contribution in [0.4, 0.5) is 11.4 Å². The van der Waals surface area contributed by atoms with Crippen molar-refractivity contribution in [2.45, 2.75) is 6.42 Å². The van der Waals surface area contributed by atoms with Crippen molar-refractivity contribution in [3.8, 4) is 0 Å². The van der Waals surface area contributed by atoms with Crippen LogP contribution in [0.25, 0.3) is 11.1 Å². The number of rotatable bonds is 4. The van der Waals surface area contributed by atoms with E-state index in [-0.39, 0.29) is 41.2 Å². The number of quaternary nitrogens is 1. The lowest BCUT2D eigenvalue weighted by Gasteiger charge is -2.27. The van der Waals surface area contributed by atoms with Crippen LogP contribution in [0.2, 0.25) is 0 Å². The van der Waals surface area contributed by atoms with E-state index in [0.29, 0.717) is 5.69 Å². The van der Waals surface area contributed by atoms with E-state index in [1.807, 2.05) is 36.4 Å². The number of anilines is 1. The summed E-state index contributed by atoms with van der Waals surface area (Å²) in [6.07, 6.45) is 0.799. The van der Waals surface area contributed by atoms with Gasteiger partial charge < -0.3 is 5.21 Å². The highest BCUT2D eigenvalue weighted by Gasteiger charge is 2.64. The number of nitrogens with zero attached hydrogens (tertiary/aromatic N) is 1. The van der Waals surface area contributed by atoms with Gasteiger partial charge in [0.15, 0.2) is 5.69 Å². The number of carbonyl (C=O) groups is 2. The molecule has 2 bridgehead atoms. The van der Waals surface area contributed by atoms with E-state index < -0.39 is 5.23 Å². The van der Waals surface area contributed by atoms with Gasteiger partial charge in [0.2, 0.25) is 11.8 Å². The summed E-state index contributed by atoms with van der Waals surface area (Å²) < 4.78 is 0. The van der Waals surface area contributed by atoms with Crippen LogP contribution < -0.4 is 10.1 Å². The van der Waals surface area contributed by atoms with E-state index in [0.717, 1.165) is 17.5 Å². The van der Waals surface area contributed by atoms with E-state index in [4.69, 9.17) is 0 Å². The Morgan fingerprint density at radius 1 is 0.727 bits per heavy atom. The van der Waals surface area contributed by atoms with Crippen molar-refractivity contribution in [1.29, 1.82) is 0 Å². The fourth-order valence-corrected chi connectivity index (χ4v) is 6.10. The van der Waals surface area contributed by atoms with Crippen LogP contribution in [0.1, 0.15) is 17.5 Å². The number of allylic oxidation sites excluding steroid dienone is 2. The molecule has 2 fully saturated rings. The first kappa shape index (κ1) is 20.1. The average molecular weight is 438 g/mol. The molecule has 1 saturated heterocycles. The molecule has 6 nitrogen and oxygen atoms in total. The second kappa shape index (κ2) is 7.49. The molecule has 3 aliphatic rings. The number of imide groups is 1. The molecule has 1 heterocycles. The molecule has 5 atom stereocenters. The molecule has 3 aromatic rings. The Balaban J connectivity index is 1.44. The number of carbonyl (C=O) groups excluding carboxylic acids is 2. The fraction of sp³-hybridized carbons (Fsp3) is 0.185. The third-order valence-electron chi connectivity index (χ3n) is 7.35. The van der Waals surface area contributed by atoms with Crippen molar-refractivity contribution >= 4 is 34.3 Å². The number of hydrogen-bond donors (Lipinski definition) is 2. The second-order valence-corrected chi connectivity index (χ2v) is 8.92. The maximum atomic E-state index is 13.6. The third kappa shape index (κ3) is 2.92. The summed E-state index contributed by atoms with van der Waals surface area (Å²) in [5.74, 6) is -1.16. The van der Waals surface area contributed by atoms with Gasteiger partial charge in [-0.2, -0.15) is 5.23 Å². The van der Waals surface area contributed by atoms with Gasteiger partial charge in [-0.15, -0.1) is 0 Å². The van der Waals surface area contributed by atoms with Crippen molar-refractivity contribution < 1.29 is 20.0 Å². The Morgan fingerprint density at radius 2 is 1.18 bits per heavy atom. The summed E-state index contributed by atoms with van der Waals surface area (Å²) in [7, 11) is 0. The minimum absolute atomic E-state index is 0.0163. The number of fused-ring (bicyclic) bond motifs is 5. The molecule has 6 rings (SSSR count). The molecular weight excluding hydrogens is 416 g/mol. The van der Waals surface area contributed by atoms with Gasteiger partial charge in [-0.1, -0.05) is 60.7 Å². The summed E-state index contributed by atoms with van der Waals surface area (Å²) in [6.45, 7) is 0. The van der Waals surface area contributed by atoms with Gasteiger partial charge in [0.25, 0.3) is 0 Å². The summed E-state index contributed by atoms with van der Waals surface area (Å²) in [4.78, 5) is 28.5. The van der Waals surface area contributed by atoms with Crippen LogP contribution in [0, 0.1) is 28.9 Å². The molecule has 2 N–H and O–H groups in total. The normalized spacial score (nSPS) is 26.8. The Bertz CT molecular complexity index is 1190. The molecule has 1 saturated carbocycles. The summed E-state index contributed by atoms with van der Waals surface area (Å²) in [5.41, 5.74) is 5.12. The minimum Gasteiger partial charge on any atom is -0.595 e. The Labute approximate surface area is 190 Å². The predicted molar refractivity (Wildman–Crippen MR) is 123 cm³/mol. The number of amides is 2. The van der Waals surface area contributed by atoms with Crippen LogP contribution >= 0.6 is 0 Å². The molecule has 3 aromatic carbocycles. The Kier molecular flexibility index (Phi) is 4.55. The van der Waals surface area contributed by atoms with Crippen molar-refractivity contribution in [2.24, 2.45) is 23.7 Å². The molecule has 0 aromatic heterocycles. The van der Waals surface area contributed by atoms with Crippen LogP contribution in [-0.4, -0.2) is 17.0 Å². The van der Waals surface area contributed by atoms with E-state index in [2.05, 4.69) is 24.3 Å². The van der Waals surface area contributed by atoms with Gasteiger partial charge in [0, 0.05) is 12.1 Å². The first-order valence-corrected chi connectivity index (χ1v) is 11.1. The standard InChI is InChI=1S/C27H22N2O4/c30-26-24-20-15-21(25(24)27(31)28(26)18-11-13-19(14-12-18)29(32)33)23(17-9-5-2-6-10-17)22(20)16-7-3-1-4-8-16/h1-14,20-21,24-25,29,32H,15H2.